The largest absolute Gasteiger partial charge is 0.313 e. The number of nitrogens with one attached hydrogen (secondary N) is 1. The molecule has 1 unspecified atom stereocenters. The van der Waals surface area contributed by atoms with E-state index < -0.39 is 0 Å². The van der Waals surface area contributed by atoms with Gasteiger partial charge in [0.05, 0.1) is 0 Å². The summed E-state index contributed by atoms with van der Waals surface area (Å²) in [5, 5.41) is 3.78. The van der Waals surface area contributed by atoms with Gasteiger partial charge >= 0.3 is 0 Å². The van der Waals surface area contributed by atoms with E-state index in [9.17, 15) is 0 Å². The van der Waals surface area contributed by atoms with Gasteiger partial charge in [-0.05, 0) is 62.4 Å². The average molecular weight is 280 g/mol. The maximum atomic E-state index is 3.78. The zero-order valence-electron chi connectivity index (χ0n) is 14.3. The Morgan fingerprint density at radius 1 is 1.20 bits per heavy atom. The third-order valence-corrected chi connectivity index (χ3v) is 5.29. The van der Waals surface area contributed by atoms with Crippen LogP contribution in [0.4, 0.5) is 0 Å². The SMILES string of the molecule is CCCC(C)(CNC1CC1)CN1CCCC(C)(C)CC1. The number of rotatable bonds is 7. The maximum absolute atomic E-state index is 3.78. The van der Waals surface area contributed by atoms with Gasteiger partial charge in [-0.3, -0.25) is 0 Å². The van der Waals surface area contributed by atoms with E-state index in [1.807, 2.05) is 0 Å². The van der Waals surface area contributed by atoms with Crippen LogP contribution in [0.3, 0.4) is 0 Å². The monoisotopic (exact) mass is 280 g/mol. The molecule has 2 heteroatoms. The van der Waals surface area contributed by atoms with Gasteiger partial charge in [-0.15, -0.1) is 0 Å². The molecule has 20 heavy (non-hydrogen) atoms. The molecule has 1 heterocycles. The van der Waals surface area contributed by atoms with E-state index in [-0.39, 0.29) is 0 Å². The molecule has 0 amide bonds. The van der Waals surface area contributed by atoms with Gasteiger partial charge in [0, 0.05) is 19.1 Å². The second-order valence-corrected chi connectivity index (χ2v) is 8.51. The number of likely N-dealkylation sites (tertiary alicyclic amines) is 1. The number of hydrogen-bond donors (Lipinski definition) is 1. The first kappa shape index (κ1) is 16.3. The number of hydrogen-bond acceptors (Lipinski definition) is 2. The molecule has 2 nitrogen and oxygen atoms in total. The normalized spacial score (nSPS) is 27.0. The van der Waals surface area contributed by atoms with E-state index in [0.29, 0.717) is 10.8 Å². The fourth-order valence-corrected chi connectivity index (χ4v) is 3.68. The van der Waals surface area contributed by atoms with Gasteiger partial charge < -0.3 is 10.2 Å². The van der Waals surface area contributed by atoms with Crippen molar-refractivity contribution in [3.8, 4) is 0 Å². The molecular weight excluding hydrogens is 244 g/mol. The molecule has 0 bridgehead atoms. The summed E-state index contributed by atoms with van der Waals surface area (Å²) in [7, 11) is 0. The standard InChI is InChI=1S/C18H36N2/c1-5-9-18(4,14-19-16-7-8-16)15-20-12-6-10-17(2,3)11-13-20/h16,19H,5-15H2,1-4H3. The first-order chi connectivity index (χ1) is 9.42. The molecule has 0 aromatic heterocycles. The van der Waals surface area contributed by atoms with Crippen LogP contribution in [0, 0.1) is 10.8 Å². The minimum atomic E-state index is 0.464. The Hall–Kier alpha value is -0.0800. The predicted molar refractivity (Wildman–Crippen MR) is 88.1 cm³/mol. The Labute approximate surface area is 126 Å². The van der Waals surface area contributed by atoms with Gasteiger partial charge in [-0.25, -0.2) is 0 Å². The summed E-state index contributed by atoms with van der Waals surface area (Å²) in [5.41, 5.74) is 1.02. The first-order valence-electron chi connectivity index (χ1n) is 8.88. The molecule has 118 valence electrons. The molecule has 2 rings (SSSR count). The molecular formula is C18H36N2. The summed E-state index contributed by atoms with van der Waals surface area (Å²) in [6.07, 6.45) is 9.61. The molecule has 0 aromatic carbocycles. The van der Waals surface area contributed by atoms with Crippen molar-refractivity contribution in [2.75, 3.05) is 26.2 Å². The van der Waals surface area contributed by atoms with Crippen molar-refractivity contribution in [3.05, 3.63) is 0 Å². The molecule has 1 aliphatic heterocycles. The topological polar surface area (TPSA) is 15.3 Å². The Morgan fingerprint density at radius 3 is 2.60 bits per heavy atom. The van der Waals surface area contributed by atoms with Crippen LogP contribution in [0.15, 0.2) is 0 Å². The Bertz CT molecular complexity index is 296. The van der Waals surface area contributed by atoms with E-state index in [0.717, 1.165) is 6.04 Å². The molecule has 1 aliphatic carbocycles. The highest BCUT2D eigenvalue weighted by Crippen LogP contribution is 2.32. The van der Waals surface area contributed by atoms with Crippen LogP contribution in [0.2, 0.25) is 0 Å². The molecule has 2 fully saturated rings. The molecule has 0 radical (unpaired) electrons. The van der Waals surface area contributed by atoms with Crippen molar-refractivity contribution >= 4 is 0 Å². The summed E-state index contributed by atoms with van der Waals surface area (Å²) < 4.78 is 0. The molecule has 1 atom stereocenters. The lowest BCUT2D eigenvalue weighted by Crippen LogP contribution is -2.43. The van der Waals surface area contributed by atoms with Crippen LogP contribution >= 0.6 is 0 Å². The van der Waals surface area contributed by atoms with Gasteiger partial charge in [0.2, 0.25) is 0 Å². The molecule has 1 saturated carbocycles. The summed E-state index contributed by atoms with van der Waals surface area (Å²) in [5.74, 6) is 0. The van der Waals surface area contributed by atoms with Crippen LogP contribution in [-0.2, 0) is 0 Å². The molecule has 2 aliphatic rings. The van der Waals surface area contributed by atoms with Crippen molar-refractivity contribution in [3.63, 3.8) is 0 Å². The van der Waals surface area contributed by atoms with Crippen LogP contribution < -0.4 is 5.32 Å². The van der Waals surface area contributed by atoms with Crippen molar-refractivity contribution < 1.29 is 0 Å². The van der Waals surface area contributed by atoms with Crippen molar-refractivity contribution in [1.29, 1.82) is 0 Å². The van der Waals surface area contributed by atoms with E-state index in [1.165, 1.54) is 71.1 Å². The summed E-state index contributed by atoms with van der Waals surface area (Å²) in [6, 6.07) is 0.842. The van der Waals surface area contributed by atoms with Gasteiger partial charge in [0.1, 0.15) is 0 Å². The highest BCUT2D eigenvalue weighted by atomic mass is 15.1. The highest BCUT2D eigenvalue weighted by molar-refractivity contribution is 4.88. The lowest BCUT2D eigenvalue weighted by molar-refractivity contribution is 0.148. The van der Waals surface area contributed by atoms with E-state index >= 15 is 0 Å². The van der Waals surface area contributed by atoms with Crippen molar-refractivity contribution in [2.24, 2.45) is 10.8 Å². The molecule has 1 saturated heterocycles. The quantitative estimate of drug-likeness (QED) is 0.756. The first-order valence-corrected chi connectivity index (χ1v) is 8.88. The van der Waals surface area contributed by atoms with Crippen LogP contribution in [0.25, 0.3) is 0 Å². The molecule has 1 N–H and O–H groups in total. The lowest BCUT2D eigenvalue weighted by Gasteiger charge is -2.36. The summed E-state index contributed by atoms with van der Waals surface area (Å²) >= 11 is 0. The minimum Gasteiger partial charge on any atom is -0.313 e. The fourth-order valence-electron chi connectivity index (χ4n) is 3.68. The summed E-state index contributed by atoms with van der Waals surface area (Å²) in [4.78, 5) is 2.75. The highest BCUT2D eigenvalue weighted by Gasteiger charge is 2.31. The van der Waals surface area contributed by atoms with Crippen LogP contribution in [0.5, 0.6) is 0 Å². The smallest absolute Gasteiger partial charge is 0.00684 e. The Kier molecular flexibility index (Phi) is 5.53. The summed E-state index contributed by atoms with van der Waals surface area (Å²) in [6.45, 7) is 14.8. The lowest BCUT2D eigenvalue weighted by atomic mass is 9.84. The van der Waals surface area contributed by atoms with Crippen molar-refractivity contribution in [1.82, 2.24) is 10.2 Å². The van der Waals surface area contributed by atoms with Crippen molar-refractivity contribution in [2.45, 2.75) is 78.7 Å². The van der Waals surface area contributed by atoms with Gasteiger partial charge in [0.15, 0.2) is 0 Å². The minimum absolute atomic E-state index is 0.464. The molecule has 0 spiro atoms. The van der Waals surface area contributed by atoms with E-state index in [1.54, 1.807) is 0 Å². The Balaban J connectivity index is 1.85. The van der Waals surface area contributed by atoms with Crippen LogP contribution in [0.1, 0.15) is 72.6 Å². The van der Waals surface area contributed by atoms with E-state index in [2.05, 4.69) is 37.9 Å². The van der Waals surface area contributed by atoms with Gasteiger partial charge in [-0.1, -0.05) is 34.1 Å². The third kappa shape index (κ3) is 5.37. The van der Waals surface area contributed by atoms with Gasteiger partial charge in [-0.2, -0.15) is 0 Å². The zero-order valence-corrected chi connectivity index (χ0v) is 14.3. The Morgan fingerprint density at radius 2 is 1.95 bits per heavy atom. The van der Waals surface area contributed by atoms with Gasteiger partial charge in [0.25, 0.3) is 0 Å². The number of nitrogens with zero attached hydrogens (tertiary/aromatic N) is 1. The fraction of sp³-hybridized carbons (Fsp3) is 1.00. The average Bonchev–Trinajstić information content (AvgIpc) is 3.17. The second-order valence-electron chi connectivity index (χ2n) is 8.51. The zero-order chi connectivity index (χ0) is 14.6. The maximum Gasteiger partial charge on any atom is 0.00684 e. The van der Waals surface area contributed by atoms with Crippen LogP contribution in [-0.4, -0.2) is 37.1 Å². The van der Waals surface area contributed by atoms with E-state index in [4.69, 9.17) is 0 Å². The second kappa shape index (κ2) is 6.79. The predicted octanol–water partition coefficient (Wildman–Crippen LogP) is 4.06. The third-order valence-electron chi connectivity index (χ3n) is 5.29. The molecule has 0 aromatic rings.